The van der Waals surface area contributed by atoms with E-state index in [1.807, 2.05) is 18.2 Å². The summed E-state index contributed by atoms with van der Waals surface area (Å²) in [4.78, 5) is 12.3. The molecule has 6 heteroatoms. The highest BCUT2D eigenvalue weighted by molar-refractivity contribution is 5.85. The lowest BCUT2D eigenvalue weighted by Crippen LogP contribution is -2.43. The lowest BCUT2D eigenvalue weighted by Gasteiger charge is -2.27. The van der Waals surface area contributed by atoms with Crippen molar-refractivity contribution >= 4 is 18.3 Å². The Morgan fingerprint density at radius 1 is 1.32 bits per heavy atom. The number of hydrogen-bond donors (Lipinski definition) is 2. The number of halogens is 1. The van der Waals surface area contributed by atoms with Gasteiger partial charge in [-0.2, -0.15) is 0 Å². The molecule has 2 rings (SSSR count). The van der Waals surface area contributed by atoms with E-state index in [1.54, 1.807) is 14.2 Å². The summed E-state index contributed by atoms with van der Waals surface area (Å²) in [5.74, 6) is 2.19. The Balaban J connectivity index is 0.00000312. The van der Waals surface area contributed by atoms with Gasteiger partial charge in [-0.25, -0.2) is 0 Å². The Bertz CT molecular complexity index is 553. The number of carbonyl (C=O) groups is 1. The third kappa shape index (κ3) is 6.40. The first-order chi connectivity index (χ1) is 11.5. The molecule has 0 spiro atoms. The van der Waals surface area contributed by atoms with Crippen LogP contribution in [0.2, 0.25) is 0 Å². The summed E-state index contributed by atoms with van der Waals surface area (Å²) in [7, 11) is 3.28. The van der Waals surface area contributed by atoms with Crippen molar-refractivity contribution in [2.75, 3.05) is 27.3 Å². The Labute approximate surface area is 157 Å². The summed E-state index contributed by atoms with van der Waals surface area (Å²) >= 11 is 0. The minimum atomic E-state index is 0. The van der Waals surface area contributed by atoms with E-state index in [4.69, 9.17) is 9.47 Å². The highest BCUT2D eigenvalue weighted by Gasteiger charge is 2.24. The number of amides is 1. The van der Waals surface area contributed by atoms with E-state index in [1.165, 1.54) is 5.56 Å². The van der Waals surface area contributed by atoms with Crippen molar-refractivity contribution < 1.29 is 14.3 Å². The quantitative estimate of drug-likeness (QED) is 0.774. The number of ether oxygens (including phenoxy) is 2. The number of carbonyl (C=O) groups excluding carboxylic acids is 1. The summed E-state index contributed by atoms with van der Waals surface area (Å²) in [6.07, 6.45) is 2.75. The van der Waals surface area contributed by atoms with Crippen molar-refractivity contribution in [1.29, 1.82) is 0 Å². The molecule has 142 valence electrons. The van der Waals surface area contributed by atoms with E-state index in [-0.39, 0.29) is 24.2 Å². The Morgan fingerprint density at radius 3 is 2.68 bits per heavy atom. The number of piperidine rings is 1. The van der Waals surface area contributed by atoms with Crippen LogP contribution in [0, 0.1) is 11.8 Å². The van der Waals surface area contributed by atoms with Gasteiger partial charge < -0.3 is 20.1 Å². The molecule has 0 aliphatic carbocycles. The third-order valence-corrected chi connectivity index (χ3v) is 4.65. The van der Waals surface area contributed by atoms with Gasteiger partial charge in [0.1, 0.15) is 0 Å². The van der Waals surface area contributed by atoms with Crippen molar-refractivity contribution in [2.45, 2.75) is 39.2 Å². The Hall–Kier alpha value is -1.46. The first-order valence-electron chi connectivity index (χ1n) is 8.75. The van der Waals surface area contributed by atoms with E-state index in [0.717, 1.165) is 37.3 Å². The molecule has 1 aliphatic heterocycles. The summed E-state index contributed by atoms with van der Waals surface area (Å²) < 4.78 is 10.6. The minimum absolute atomic E-state index is 0. The van der Waals surface area contributed by atoms with E-state index in [2.05, 4.69) is 24.5 Å². The van der Waals surface area contributed by atoms with E-state index in [9.17, 15) is 4.79 Å². The molecule has 1 aromatic rings. The topological polar surface area (TPSA) is 59.6 Å². The van der Waals surface area contributed by atoms with Crippen molar-refractivity contribution in [3.05, 3.63) is 23.8 Å². The predicted octanol–water partition coefficient (Wildman–Crippen LogP) is 2.81. The normalized spacial score (nSPS) is 21.0. The molecule has 2 N–H and O–H groups in total. The highest BCUT2D eigenvalue weighted by Crippen LogP contribution is 2.28. The molecule has 1 heterocycles. The van der Waals surface area contributed by atoms with Gasteiger partial charge in [0.05, 0.1) is 14.2 Å². The second kappa shape index (κ2) is 10.5. The summed E-state index contributed by atoms with van der Waals surface area (Å²) in [5, 5.41) is 6.50. The summed E-state index contributed by atoms with van der Waals surface area (Å²) in [6.45, 7) is 5.92. The zero-order valence-corrected chi connectivity index (χ0v) is 16.4. The number of nitrogens with one attached hydrogen (secondary N) is 2. The summed E-state index contributed by atoms with van der Waals surface area (Å²) in [5.41, 5.74) is 1.19. The SMILES string of the molecule is COc1ccc(CC(C)CNC(=O)[C@H]2CCN[C@@H](C)C2)cc1OC.Cl. The molecule has 3 atom stereocenters. The molecule has 5 nitrogen and oxygen atoms in total. The molecule has 0 aromatic heterocycles. The van der Waals surface area contributed by atoms with Crippen LogP contribution in [-0.2, 0) is 11.2 Å². The largest absolute Gasteiger partial charge is 0.493 e. The van der Waals surface area contributed by atoms with Crippen LogP contribution in [0.4, 0.5) is 0 Å². The first-order valence-corrected chi connectivity index (χ1v) is 8.75. The lowest BCUT2D eigenvalue weighted by atomic mass is 9.92. The zero-order valence-electron chi connectivity index (χ0n) is 15.6. The van der Waals surface area contributed by atoms with Gasteiger partial charge in [0.15, 0.2) is 11.5 Å². The van der Waals surface area contributed by atoms with E-state index in [0.29, 0.717) is 18.5 Å². The molecule has 0 radical (unpaired) electrons. The predicted molar refractivity (Wildman–Crippen MR) is 103 cm³/mol. The van der Waals surface area contributed by atoms with Crippen molar-refractivity contribution in [2.24, 2.45) is 11.8 Å². The minimum Gasteiger partial charge on any atom is -0.493 e. The second-order valence-electron chi connectivity index (χ2n) is 6.82. The smallest absolute Gasteiger partial charge is 0.223 e. The fourth-order valence-corrected chi connectivity index (χ4v) is 3.27. The number of methoxy groups -OCH3 is 2. The fourth-order valence-electron chi connectivity index (χ4n) is 3.27. The number of hydrogen-bond acceptors (Lipinski definition) is 4. The van der Waals surface area contributed by atoms with Gasteiger partial charge >= 0.3 is 0 Å². The van der Waals surface area contributed by atoms with Crippen LogP contribution >= 0.6 is 12.4 Å². The lowest BCUT2D eigenvalue weighted by molar-refractivity contribution is -0.126. The summed E-state index contributed by atoms with van der Waals surface area (Å²) in [6, 6.07) is 6.41. The maximum atomic E-state index is 12.3. The van der Waals surface area contributed by atoms with E-state index >= 15 is 0 Å². The number of benzene rings is 1. The van der Waals surface area contributed by atoms with Gasteiger partial charge in [0.25, 0.3) is 0 Å². The fraction of sp³-hybridized carbons (Fsp3) is 0.632. The molecule has 25 heavy (non-hydrogen) atoms. The monoisotopic (exact) mass is 370 g/mol. The van der Waals surface area contributed by atoms with Gasteiger partial charge in [-0.3, -0.25) is 4.79 Å². The van der Waals surface area contributed by atoms with Gasteiger partial charge in [-0.05, 0) is 56.3 Å². The van der Waals surface area contributed by atoms with E-state index < -0.39 is 0 Å². The highest BCUT2D eigenvalue weighted by atomic mass is 35.5. The van der Waals surface area contributed by atoms with Crippen LogP contribution in [0.1, 0.15) is 32.3 Å². The molecular weight excluding hydrogens is 340 g/mol. The number of rotatable bonds is 7. The van der Waals surface area contributed by atoms with Crippen molar-refractivity contribution in [3.63, 3.8) is 0 Å². The maximum absolute atomic E-state index is 12.3. The molecule has 1 amide bonds. The van der Waals surface area contributed by atoms with Crippen LogP contribution in [0.15, 0.2) is 18.2 Å². The van der Waals surface area contributed by atoms with Gasteiger partial charge in [-0.1, -0.05) is 13.0 Å². The second-order valence-corrected chi connectivity index (χ2v) is 6.82. The molecule has 0 bridgehead atoms. The average Bonchev–Trinajstić information content (AvgIpc) is 2.59. The Kier molecular flexibility index (Phi) is 9.08. The van der Waals surface area contributed by atoms with Crippen LogP contribution < -0.4 is 20.1 Å². The van der Waals surface area contributed by atoms with Gasteiger partial charge in [-0.15, -0.1) is 12.4 Å². The molecule has 1 aliphatic rings. The van der Waals surface area contributed by atoms with Crippen LogP contribution in [0.5, 0.6) is 11.5 Å². The van der Waals surface area contributed by atoms with Crippen LogP contribution in [-0.4, -0.2) is 39.3 Å². The first kappa shape index (κ1) is 21.6. The van der Waals surface area contributed by atoms with Crippen LogP contribution in [0.3, 0.4) is 0 Å². The molecule has 1 aromatic carbocycles. The molecular formula is C19H31ClN2O3. The maximum Gasteiger partial charge on any atom is 0.223 e. The average molecular weight is 371 g/mol. The Morgan fingerprint density at radius 2 is 2.04 bits per heavy atom. The van der Waals surface area contributed by atoms with Gasteiger partial charge in [0.2, 0.25) is 5.91 Å². The molecule has 1 fully saturated rings. The third-order valence-electron chi connectivity index (χ3n) is 4.65. The van der Waals surface area contributed by atoms with Gasteiger partial charge in [0, 0.05) is 18.5 Å². The molecule has 1 saturated heterocycles. The molecule has 0 saturated carbocycles. The molecule has 1 unspecified atom stereocenters. The standard InChI is InChI=1S/C19H30N2O3.ClH/c1-13(9-15-5-6-17(23-3)18(11-15)24-4)12-21-19(22)16-7-8-20-14(2)10-16;/h5-6,11,13-14,16,20H,7-10,12H2,1-4H3,(H,21,22);1H/t13?,14-,16-;/m0./s1. The zero-order chi connectivity index (χ0) is 17.5. The van der Waals surface area contributed by atoms with Crippen molar-refractivity contribution in [1.82, 2.24) is 10.6 Å². The van der Waals surface area contributed by atoms with Crippen LogP contribution in [0.25, 0.3) is 0 Å². The van der Waals surface area contributed by atoms with Crippen molar-refractivity contribution in [3.8, 4) is 11.5 Å².